The molecule has 1 aliphatic rings. The Morgan fingerprint density at radius 1 is 1.07 bits per heavy atom. The van der Waals surface area contributed by atoms with E-state index in [-0.39, 0.29) is 0 Å². The number of rotatable bonds is 3. The molecule has 0 amide bonds. The Kier molecular flexibility index (Phi) is 4.95. The van der Waals surface area contributed by atoms with Crippen LogP contribution >= 0.6 is 11.3 Å². The zero-order valence-electron chi connectivity index (χ0n) is 14.5. The van der Waals surface area contributed by atoms with Crippen molar-refractivity contribution < 1.29 is 13.2 Å². The molecule has 7 heteroatoms. The van der Waals surface area contributed by atoms with Crippen LogP contribution in [0.1, 0.15) is 49.1 Å². The lowest BCUT2D eigenvalue weighted by Gasteiger charge is -2.23. The fraction of sp³-hybridized carbons (Fsp3) is 0.350. The summed E-state index contributed by atoms with van der Waals surface area (Å²) < 4.78 is 39.3. The molecule has 0 unspecified atom stereocenters. The van der Waals surface area contributed by atoms with Crippen LogP contribution in [-0.4, -0.2) is 15.0 Å². The van der Waals surface area contributed by atoms with Gasteiger partial charge in [0, 0.05) is 17.3 Å². The Morgan fingerprint density at radius 3 is 2.67 bits per heavy atom. The molecule has 1 saturated carbocycles. The molecule has 1 aliphatic carbocycles. The van der Waals surface area contributed by atoms with Crippen molar-refractivity contribution in [1.82, 2.24) is 15.0 Å². The fourth-order valence-corrected chi connectivity index (χ4v) is 4.48. The van der Waals surface area contributed by atoms with Gasteiger partial charge in [0.25, 0.3) is 0 Å². The van der Waals surface area contributed by atoms with Crippen molar-refractivity contribution in [1.29, 1.82) is 0 Å². The van der Waals surface area contributed by atoms with E-state index in [1.54, 1.807) is 17.8 Å². The van der Waals surface area contributed by atoms with E-state index in [1.807, 2.05) is 0 Å². The van der Waals surface area contributed by atoms with Gasteiger partial charge >= 0.3 is 6.18 Å². The maximum Gasteiger partial charge on any atom is 0.416 e. The molecule has 3 nitrogen and oxygen atoms in total. The molecule has 0 bridgehead atoms. The van der Waals surface area contributed by atoms with Crippen LogP contribution in [0.15, 0.2) is 36.0 Å². The molecule has 3 aromatic rings. The maximum atomic E-state index is 13.1. The number of hydrogen-bond acceptors (Lipinski definition) is 4. The Morgan fingerprint density at radius 2 is 1.89 bits per heavy atom. The molecule has 0 atom stereocenters. The normalized spacial score (nSPS) is 15.8. The van der Waals surface area contributed by atoms with Crippen LogP contribution in [-0.2, 0) is 6.18 Å². The third-order valence-corrected chi connectivity index (χ3v) is 5.82. The van der Waals surface area contributed by atoms with Gasteiger partial charge in [0.15, 0.2) is 6.33 Å². The summed E-state index contributed by atoms with van der Waals surface area (Å²) in [4.78, 5) is 13.6. The first kappa shape index (κ1) is 18.1. The Labute approximate surface area is 159 Å². The van der Waals surface area contributed by atoms with Crippen molar-refractivity contribution in [3.05, 3.63) is 53.4 Å². The highest BCUT2D eigenvalue weighted by atomic mass is 32.1. The molecule has 27 heavy (non-hydrogen) atoms. The number of alkyl halides is 3. The minimum atomic E-state index is -4.39. The summed E-state index contributed by atoms with van der Waals surface area (Å²) in [7, 11) is 0. The first-order valence-electron chi connectivity index (χ1n) is 8.88. The zero-order chi connectivity index (χ0) is 18.9. The van der Waals surface area contributed by atoms with Gasteiger partial charge in [-0.2, -0.15) is 13.2 Å². The molecule has 0 spiro atoms. The molecule has 1 aromatic carbocycles. The van der Waals surface area contributed by atoms with E-state index in [0.717, 1.165) is 41.1 Å². The second kappa shape index (κ2) is 7.38. The number of thiazole rings is 1. The molecule has 0 aliphatic heterocycles. The average Bonchev–Trinajstić information content (AvgIpc) is 3.18. The van der Waals surface area contributed by atoms with E-state index >= 15 is 0 Å². The predicted molar refractivity (Wildman–Crippen MR) is 98.2 cm³/mol. The number of aromatic nitrogens is 3. The van der Waals surface area contributed by atoms with Crippen LogP contribution in [0.3, 0.4) is 0 Å². The van der Waals surface area contributed by atoms with Gasteiger partial charge in [-0.25, -0.2) is 15.0 Å². The van der Waals surface area contributed by atoms with Crippen molar-refractivity contribution in [2.24, 2.45) is 0 Å². The van der Waals surface area contributed by atoms with Crippen LogP contribution in [0.2, 0.25) is 0 Å². The van der Waals surface area contributed by atoms with Crippen LogP contribution in [0.5, 0.6) is 0 Å². The highest BCUT2D eigenvalue weighted by Gasteiger charge is 2.31. The van der Waals surface area contributed by atoms with Gasteiger partial charge in [0.05, 0.1) is 27.3 Å². The van der Waals surface area contributed by atoms with E-state index in [1.165, 1.54) is 36.7 Å². The second-order valence-corrected chi connectivity index (χ2v) is 7.57. The SMILES string of the molecule is FC(F)(F)c1cccc(-c2ncsc2-c2n[c]ncc2C2CCCCC2)c1. The smallest absolute Gasteiger partial charge is 0.244 e. The van der Waals surface area contributed by atoms with Crippen LogP contribution < -0.4 is 0 Å². The monoisotopic (exact) mass is 388 g/mol. The molecule has 1 fully saturated rings. The quantitative estimate of drug-likeness (QED) is 0.541. The van der Waals surface area contributed by atoms with Gasteiger partial charge < -0.3 is 0 Å². The van der Waals surface area contributed by atoms with Crippen molar-refractivity contribution in [2.75, 3.05) is 0 Å². The van der Waals surface area contributed by atoms with Crippen molar-refractivity contribution in [3.8, 4) is 21.8 Å². The van der Waals surface area contributed by atoms with E-state index < -0.39 is 11.7 Å². The summed E-state index contributed by atoms with van der Waals surface area (Å²) in [5.74, 6) is 0.375. The lowest BCUT2D eigenvalue weighted by Crippen LogP contribution is -2.07. The standard InChI is InChI=1S/C20H17F3N3S/c21-20(22,23)15-8-4-7-14(9-15)17-19(27-12-26-17)18-16(10-24-11-25-18)13-5-2-1-3-6-13/h4,7-10,12-13H,1-3,5-6H2. The maximum absolute atomic E-state index is 13.1. The number of nitrogens with zero attached hydrogens (tertiary/aromatic N) is 3. The molecular formula is C20H17F3N3S. The van der Waals surface area contributed by atoms with Crippen molar-refractivity contribution >= 4 is 11.3 Å². The predicted octanol–water partition coefficient (Wildman–Crippen LogP) is 6.13. The summed E-state index contributed by atoms with van der Waals surface area (Å²) >= 11 is 1.39. The van der Waals surface area contributed by atoms with Crippen LogP contribution in [0, 0.1) is 6.33 Å². The van der Waals surface area contributed by atoms with Gasteiger partial charge in [-0.1, -0.05) is 31.4 Å². The zero-order valence-corrected chi connectivity index (χ0v) is 15.3. The third kappa shape index (κ3) is 3.74. The molecular weight excluding hydrogens is 371 g/mol. The molecule has 1 radical (unpaired) electrons. The van der Waals surface area contributed by atoms with E-state index in [2.05, 4.69) is 21.3 Å². The minimum Gasteiger partial charge on any atom is -0.244 e. The fourth-order valence-electron chi connectivity index (χ4n) is 3.66. The molecule has 2 aromatic heterocycles. The highest BCUT2D eigenvalue weighted by molar-refractivity contribution is 7.13. The second-order valence-electron chi connectivity index (χ2n) is 6.72. The number of halogens is 3. The van der Waals surface area contributed by atoms with Gasteiger partial charge in [-0.15, -0.1) is 11.3 Å². The number of benzene rings is 1. The van der Waals surface area contributed by atoms with E-state index in [9.17, 15) is 13.2 Å². The summed E-state index contributed by atoms with van der Waals surface area (Å²) in [5, 5.41) is 0. The Balaban J connectivity index is 1.78. The van der Waals surface area contributed by atoms with Crippen LogP contribution in [0.4, 0.5) is 13.2 Å². The van der Waals surface area contributed by atoms with Gasteiger partial charge in [0.1, 0.15) is 0 Å². The van der Waals surface area contributed by atoms with Gasteiger partial charge in [-0.05, 0) is 30.9 Å². The van der Waals surface area contributed by atoms with Gasteiger partial charge in [0.2, 0.25) is 0 Å². The topological polar surface area (TPSA) is 38.7 Å². The van der Waals surface area contributed by atoms with Crippen molar-refractivity contribution in [2.45, 2.75) is 44.2 Å². The lowest BCUT2D eigenvalue weighted by atomic mass is 9.83. The van der Waals surface area contributed by atoms with Crippen molar-refractivity contribution in [3.63, 3.8) is 0 Å². The summed E-state index contributed by atoms with van der Waals surface area (Å²) in [6.07, 6.45) is 5.80. The Bertz CT molecular complexity index is 930. The largest absolute Gasteiger partial charge is 0.416 e. The average molecular weight is 388 g/mol. The molecule has 2 heterocycles. The molecule has 0 N–H and O–H groups in total. The van der Waals surface area contributed by atoms with E-state index in [0.29, 0.717) is 17.2 Å². The lowest BCUT2D eigenvalue weighted by molar-refractivity contribution is -0.137. The third-order valence-electron chi connectivity index (χ3n) is 4.99. The van der Waals surface area contributed by atoms with E-state index in [4.69, 9.17) is 0 Å². The summed E-state index contributed by atoms with van der Waals surface area (Å²) in [5.41, 5.74) is 3.72. The molecule has 0 saturated heterocycles. The first-order chi connectivity index (χ1) is 13.0. The molecule has 4 rings (SSSR count). The van der Waals surface area contributed by atoms with Crippen LogP contribution in [0.25, 0.3) is 21.8 Å². The first-order valence-corrected chi connectivity index (χ1v) is 9.76. The highest BCUT2D eigenvalue weighted by Crippen LogP contribution is 2.41. The molecule has 139 valence electrons. The Hall–Kier alpha value is -2.28. The summed E-state index contributed by atoms with van der Waals surface area (Å²) in [6, 6.07) is 5.28. The minimum absolute atomic E-state index is 0.375. The van der Waals surface area contributed by atoms with Gasteiger partial charge in [-0.3, -0.25) is 0 Å². The number of hydrogen-bond donors (Lipinski definition) is 0. The summed E-state index contributed by atoms with van der Waals surface area (Å²) in [6.45, 7) is 0.